The first-order valence-electron chi connectivity index (χ1n) is 10.4. The third-order valence-electron chi connectivity index (χ3n) is 6.10. The van der Waals surface area contributed by atoms with Gasteiger partial charge in [0.1, 0.15) is 6.26 Å². The Hall–Kier alpha value is -2.97. The molecular formula is C23H23N3O4S. The number of amides is 2. The summed E-state index contributed by atoms with van der Waals surface area (Å²) in [6.45, 7) is 2.32. The fourth-order valence-electron chi connectivity index (χ4n) is 4.39. The number of carbonyl (C=O) groups excluding carboxylic acids is 2. The lowest BCUT2D eigenvalue weighted by molar-refractivity contribution is -0.142. The normalized spacial score (nSPS) is 17.7. The monoisotopic (exact) mass is 437 g/mol. The number of thiazole rings is 1. The van der Waals surface area contributed by atoms with E-state index < -0.39 is 5.41 Å². The molecule has 0 bridgehead atoms. The van der Waals surface area contributed by atoms with Crippen LogP contribution in [0.2, 0.25) is 0 Å². The summed E-state index contributed by atoms with van der Waals surface area (Å²) in [5.74, 6) is -0.0944. The van der Waals surface area contributed by atoms with Crippen molar-refractivity contribution in [2.45, 2.75) is 31.2 Å². The summed E-state index contributed by atoms with van der Waals surface area (Å²) in [5, 5.41) is 3.38. The summed E-state index contributed by atoms with van der Waals surface area (Å²) >= 11 is 1.43. The molecule has 0 spiro atoms. The number of anilines is 1. The molecule has 7 nitrogen and oxygen atoms in total. The molecule has 2 amide bonds. The first-order valence-corrected chi connectivity index (χ1v) is 11.2. The maximum atomic E-state index is 13.8. The van der Waals surface area contributed by atoms with E-state index in [0.29, 0.717) is 56.3 Å². The van der Waals surface area contributed by atoms with Crippen LogP contribution in [0.1, 0.15) is 39.3 Å². The van der Waals surface area contributed by atoms with Gasteiger partial charge in [0.15, 0.2) is 5.13 Å². The van der Waals surface area contributed by atoms with Crippen molar-refractivity contribution in [1.29, 1.82) is 0 Å². The highest BCUT2D eigenvalue weighted by Gasteiger charge is 2.44. The van der Waals surface area contributed by atoms with Crippen molar-refractivity contribution < 1.29 is 18.7 Å². The molecule has 0 aliphatic carbocycles. The van der Waals surface area contributed by atoms with Crippen molar-refractivity contribution >= 4 is 28.3 Å². The number of aromatic nitrogens is 1. The van der Waals surface area contributed by atoms with Gasteiger partial charge in [0, 0.05) is 31.1 Å². The van der Waals surface area contributed by atoms with E-state index in [1.54, 1.807) is 6.07 Å². The van der Waals surface area contributed by atoms with Crippen molar-refractivity contribution in [1.82, 2.24) is 9.88 Å². The quantitative estimate of drug-likeness (QED) is 0.674. The van der Waals surface area contributed by atoms with Crippen LogP contribution < -0.4 is 5.32 Å². The van der Waals surface area contributed by atoms with Gasteiger partial charge in [0.25, 0.3) is 5.91 Å². The fourth-order valence-corrected chi connectivity index (χ4v) is 5.41. The first kappa shape index (κ1) is 20.0. The van der Waals surface area contributed by atoms with Gasteiger partial charge in [-0.25, -0.2) is 4.98 Å². The van der Waals surface area contributed by atoms with Crippen LogP contribution in [0.3, 0.4) is 0 Å². The van der Waals surface area contributed by atoms with Crippen LogP contribution in [0.15, 0.2) is 53.3 Å². The zero-order valence-corrected chi connectivity index (χ0v) is 17.8. The smallest absolute Gasteiger partial charge is 0.260 e. The number of rotatable bonds is 4. The molecular weight excluding hydrogens is 414 g/mol. The zero-order chi connectivity index (χ0) is 21.3. The van der Waals surface area contributed by atoms with E-state index >= 15 is 0 Å². The number of benzene rings is 1. The van der Waals surface area contributed by atoms with Gasteiger partial charge in [-0.1, -0.05) is 41.7 Å². The number of carbonyl (C=O) groups is 2. The van der Waals surface area contributed by atoms with E-state index in [0.717, 1.165) is 16.1 Å². The van der Waals surface area contributed by atoms with Gasteiger partial charge in [-0.15, -0.1) is 0 Å². The summed E-state index contributed by atoms with van der Waals surface area (Å²) in [6, 6.07) is 11.7. The van der Waals surface area contributed by atoms with Crippen LogP contribution in [-0.4, -0.2) is 41.5 Å². The molecule has 2 aliphatic heterocycles. The van der Waals surface area contributed by atoms with Gasteiger partial charge in [-0.3, -0.25) is 14.9 Å². The lowest BCUT2D eigenvalue weighted by Crippen LogP contribution is -2.51. The van der Waals surface area contributed by atoms with E-state index in [4.69, 9.17) is 9.15 Å². The maximum Gasteiger partial charge on any atom is 0.260 e. The van der Waals surface area contributed by atoms with Gasteiger partial charge < -0.3 is 14.1 Å². The van der Waals surface area contributed by atoms with Crippen LogP contribution in [-0.2, 0) is 27.9 Å². The molecule has 3 aromatic rings. The SMILES string of the molecule is O=C(Nc1nc2c(s1)CN(C(=O)C1(c3ccccc3)CCOCC1)CC2)c1ccoc1. The highest BCUT2D eigenvalue weighted by atomic mass is 32.1. The van der Waals surface area contributed by atoms with Gasteiger partial charge in [0.2, 0.25) is 5.91 Å². The third-order valence-corrected chi connectivity index (χ3v) is 7.10. The molecule has 160 valence electrons. The van der Waals surface area contributed by atoms with Crippen LogP contribution in [0.5, 0.6) is 0 Å². The van der Waals surface area contributed by atoms with E-state index in [2.05, 4.69) is 22.4 Å². The molecule has 5 rings (SSSR count). The molecule has 1 saturated heterocycles. The average molecular weight is 438 g/mol. The highest BCUT2D eigenvalue weighted by Crippen LogP contribution is 2.38. The Bertz CT molecular complexity index is 1070. The molecule has 8 heteroatoms. The van der Waals surface area contributed by atoms with Crippen LogP contribution in [0.4, 0.5) is 5.13 Å². The first-order chi connectivity index (χ1) is 15.2. The largest absolute Gasteiger partial charge is 0.472 e. The molecule has 0 atom stereocenters. The number of furan rings is 1. The summed E-state index contributed by atoms with van der Waals surface area (Å²) in [7, 11) is 0. The van der Waals surface area contributed by atoms with Gasteiger partial charge in [0.05, 0.1) is 29.5 Å². The minimum Gasteiger partial charge on any atom is -0.472 e. The predicted molar refractivity (Wildman–Crippen MR) is 116 cm³/mol. The topological polar surface area (TPSA) is 84.7 Å². The summed E-state index contributed by atoms with van der Waals surface area (Å²) in [6.07, 6.45) is 4.92. The molecule has 0 radical (unpaired) electrons. The second-order valence-corrected chi connectivity index (χ2v) is 8.98. The summed E-state index contributed by atoms with van der Waals surface area (Å²) in [5.41, 5.74) is 1.93. The zero-order valence-electron chi connectivity index (χ0n) is 17.0. The number of nitrogens with zero attached hydrogens (tertiary/aromatic N) is 2. The predicted octanol–water partition coefficient (Wildman–Crippen LogP) is 3.62. The Balaban J connectivity index is 1.35. The summed E-state index contributed by atoms with van der Waals surface area (Å²) < 4.78 is 10.6. The van der Waals surface area contributed by atoms with E-state index in [1.165, 1.54) is 23.9 Å². The molecule has 1 aromatic carbocycles. The van der Waals surface area contributed by atoms with Crippen LogP contribution in [0, 0.1) is 0 Å². The lowest BCUT2D eigenvalue weighted by atomic mass is 9.73. The molecule has 0 saturated carbocycles. The Morgan fingerprint density at radius 2 is 1.94 bits per heavy atom. The number of ether oxygens (including phenoxy) is 1. The Morgan fingerprint density at radius 3 is 2.68 bits per heavy atom. The maximum absolute atomic E-state index is 13.8. The Morgan fingerprint density at radius 1 is 1.13 bits per heavy atom. The van der Waals surface area contributed by atoms with E-state index in [-0.39, 0.29) is 11.8 Å². The van der Waals surface area contributed by atoms with Gasteiger partial charge in [-0.2, -0.15) is 0 Å². The average Bonchev–Trinajstić information content (AvgIpc) is 3.49. The van der Waals surface area contributed by atoms with Crippen LogP contribution >= 0.6 is 11.3 Å². The van der Waals surface area contributed by atoms with Crippen molar-refractivity contribution in [3.8, 4) is 0 Å². The molecule has 2 aromatic heterocycles. The van der Waals surface area contributed by atoms with Gasteiger partial charge >= 0.3 is 0 Å². The van der Waals surface area contributed by atoms with Crippen molar-refractivity contribution in [3.63, 3.8) is 0 Å². The highest BCUT2D eigenvalue weighted by molar-refractivity contribution is 7.15. The fraction of sp³-hybridized carbons (Fsp3) is 0.348. The standard InChI is InChI=1S/C23H23N3O4S/c27-20(16-7-11-30-15-16)25-22-24-18-6-10-26(14-19(18)31-22)21(28)23(8-12-29-13-9-23)17-4-2-1-3-5-17/h1-5,7,11,15H,6,8-10,12-14H2,(H,24,25,27). The van der Waals surface area contributed by atoms with Gasteiger partial charge in [-0.05, 0) is 24.5 Å². The van der Waals surface area contributed by atoms with Crippen molar-refractivity contribution in [3.05, 3.63) is 70.6 Å². The van der Waals surface area contributed by atoms with E-state index in [1.807, 2.05) is 23.1 Å². The van der Waals surface area contributed by atoms with Crippen LogP contribution in [0.25, 0.3) is 0 Å². The Labute approximate surface area is 184 Å². The second-order valence-electron chi connectivity index (χ2n) is 7.89. The molecule has 1 fully saturated rings. The molecule has 4 heterocycles. The molecule has 1 N–H and O–H groups in total. The third kappa shape index (κ3) is 3.77. The Kier molecular flexibility index (Phi) is 5.33. The molecule has 2 aliphatic rings. The summed E-state index contributed by atoms with van der Waals surface area (Å²) in [4.78, 5) is 33.6. The number of hydrogen-bond acceptors (Lipinski definition) is 6. The van der Waals surface area contributed by atoms with Crippen molar-refractivity contribution in [2.75, 3.05) is 25.1 Å². The minimum absolute atomic E-state index is 0.157. The minimum atomic E-state index is -0.542. The van der Waals surface area contributed by atoms with Crippen molar-refractivity contribution in [2.24, 2.45) is 0 Å². The lowest BCUT2D eigenvalue weighted by Gasteiger charge is -2.41. The number of nitrogens with one attached hydrogen (secondary N) is 1. The number of fused-ring (bicyclic) bond motifs is 1. The molecule has 0 unspecified atom stereocenters. The van der Waals surface area contributed by atoms with E-state index in [9.17, 15) is 9.59 Å². The molecule has 31 heavy (non-hydrogen) atoms. The second kappa shape index (κ2) is 8.28. The number of hydrogen-bond donors (Lipinski definition) is 1.